The normalized spacial score (nSPS) is 11.7. The van der Waals surface area contributed by atoms with Crippen molar-refractivity contribution in [3.63, 3.8) is 0 Å². The molecule has 0 aromatic carbocycles. The van der Waals surface area contributed by atoms with Gasteiger partial charge in [0.25, 0.3) is 0 Å². The van der Waals surface area contributed by atoms with Crippen LogP contribution in [0.4, 0.5) is 0 Å². The summed E-state index contributed by atoms with van der Waals surface area (Å²) in [5, 5.41) is 17.2. The number of aliphatic hydroxyl groups excluding tert-OH is 2. The molecule has 0 fully saturated rings. The highest BCUT2D eigenvalue weighted by atomic mass is 33.1. The van der Waals surface area contributed by atoms with E-state index < -0.39 is 0 Å². The molecule has 0 aromatic heterocycles. The first-order chi connectivity index (χ1) is 25.9. The standard InChI is InChI=1S/C32H66O18S2/c33-1-3-35-5-7-37-9-11-39-13-15-41-17-19-43-21-23-45-25-27-47-29-31-49-51-52-50-32-30-48-28-26-46-24-22-44-20-18-42-16-14-40-12-10-38-8-6-36-4-2-34/h33-34H,1-32H2. The SMILES string of the molecule is OCCOCCOCCOCCOCCOCCOCCOCCOSSOCCOCCOCCOCCOCCOCCOCCOCCO. The van der Waals surface area contributed by atoms with Crippen molar-refractivity contribution in [1.29, 1.82) is 0 Å². The highest BCUT2D eigenvalue weighted by Gasteiger charge is 1.98. The minimum atomic E-state index is 0.0202. The van der Waals surface area contributed by atoms with Crippen molar-refractivity contribution in [3.05, 3.63) is 0 Å². The predicted molar refractivity (Wildman–Crippen MR) is 193 cm³/mol. The van der Waals surface area contributed by atoms with Gasteiger partial charge in [-0.1, -0.05) is 0 Å². The van der Waals surface area contributed by atoms with Gasteiger partial charge in [0.05, 0.1) is 234 Å². The van der Waals surface area contributed by atoms with Crippen molar-refractivity contribution in [1.82, 2.24) is 0 Å². The Bertz CT molecular complexity index is 574. The van der Waals surface area contributed by atoms with Gasteiger partial charge in [0.1, 0.15) is 0 Å². The number of hydrogen-bond acceptors (Lipinski definition) is 20. The van der Waals surface area contributed by atoms with Crippen molar-refractivity contribution >= 4 is 22.1 Å². The Morgan fingerprint density at radius 1 is 0.192 bits per heavy atom. The largest absolute Gasteiger partial charge is 0.394 e. The third kappa shape index (κ3) is 50.0. The Kier molecular flexibility index (Phi) is 51.0. The summed E-state index contributed by atoms with van der Waals surface area (Å²) in [6.45, 7) is 14.2. The minimum absolute atomic E-state index is 0.0202. The van der Waals surface area contributed by atoms with Crippen LogP contribution < -0.4 is 0 Å². The van der Waals surface area contributed by atoms with Crippen LogP contribution in [0.25, 0.3) is 0 Å². The summed E-state index contributed by atoms with van der Waals surface area (Å²) >= 11 is 2.30. The Labute approximate surface area is 318 Å². The van der Waals surface area contributed by atoms with E-state index in [9.17, 15) is 0 Å². The van der Waals surface area contributed by atoms with Gasteiger partial charge in [0, 0.05) is 0 Å². The molecule has 0 amide bonds. The lowest BCUT2D eigenvalue weighted by Gasteiger charge is -2.08. The molecule has 18 nitrogen and oxygen atoms in total. The summed E-state index contributed by atoms with van der Waals surface area (Å²) in [6, 6.07) is 0. The van der Waals surface area contributed by atoms with E-state index in [-0.39, 0.29) is 13.2 Å². The van der Waals surface area contributed by atoms with Gasteiger partial charge in [-0.2, -0.15) is 0 Å². The fraction of sp³-hybridized carbons (Fsp3) is 1.00. The first-order valence-corrected chi connectivity index (χ1v) is 19.8. The third-order valence-corrected chi connectivity index (χ3v) is 7.01. The van der Waals surface area contributed by atoms with Gasteiger partial charge >= 0.3 is 0 Å². The highest BCUT2D eigenvalue weighted by Crippen LogP contribution is 2.22. The van der Waals surface area contributed by atoms with Crippen LogP contribution in [0.5, 0.6) is 0 Å². The molecular weight excluding hydrogens is 736 g/mol. The van der Waals surface area contributed by atoms with Gasteiger partial charge in [0.15, 0.2) is 0 Å². The van der Waals surface area contributed by atoms with E-state index >= 15 is 0 Å². The van der Waals surface area contributed by atoms with Crippen molar-refractivity contribution < 1.29 is 84.9 Å². The number of hydrogen-bond donors (Lipinski definition) is 2. The molecule has 0 radical (unpaired) electrons. The van der Waals surface area contributed by atoms with E-state index in [1.54, 1.807) is 0 Å². The van der Waals surface area contributed by atoms with Crippen LogP contribution in [0.2, 0.25) is 0 Å². The second-order valence-corrected chi connectivity index (χ2v) is 11.4. The highest BCUT2D eigenvalue weighted by molar-refractivity contribution is 8.73. The van der Waals surface area contributed by atoms with Crippen molar-refractivity contribution in [3.8, 4) is 0 Å². The molecule has 0 saturated carbocycles. The fourth-order valence-corrected chi connectivity index (χ4v) is 4.26. The van der Waals surface area contributed by atoms with Crippen molar-refractivity contribution in [2.45, 2.75) is 0 Å². The Hall–Kier alpha value is -0.0200. The lowest BCUT2D eigenvalue weighted by Crippen LogP contribution is -2.15. The van der Waals surface area contributed by atoms with Crippen LogP contribution in [-0.2, 0) is 74.7 Å². The van der Waals surface area contributed by atoms with Gasteiger partial charge < -0.3 is 84.9 Å². The van der Waals surface area contributed by atoms with E-state index in [1.807, 2.05) is 0 Å². The molecule has 314 valence electrons. The quantitative estimate of drug-likeness (QED) is 0.0490. The molecule has 0 heterocycles. The van der Waals surface area contributed by atoms with E-state index in [2.05, 4.69) is 0 Å². The zero-order chi connectivity index (χ0) is 37.4. The molecule has 0 saturated heterocycles. The maximum atomic E-state index is 8.58. The molecular formula is C32H66O18S2. The third-order valence-electron chi connectivity index (χ3n) is 5.68. The smallest absolute Gasteiger partial charge is 0.0926 e. The number of ether oxygens (including phenoxy) is 14. The second-order valence-electron chi connectivity index (χ2n) is 9.80. The van der Waals surface area contributed by atoms with E-state index in [1.165, 1.54) is 0 Å². The molecule has 0 aliphatic heterocycles. The second kappa shape index (κ2) is 51.0. The van der Waals surface area contributed by atoms with Gasteiger partial charge in [-0.25, -0.2) is 0 Å². The summed E-state index contributed by atoms with van der Waals surface area (Å²) in [5.41, 5.74) is 0. The van der Waals surface area contributed by atoms with Crippen LogP contribution >= 0.6 is 22.1 Å². The van der Waals surface area contributed by atoms with Crippen LogP contribution in [0.15, 0.2) is 0 Å². The number of rotatable bonds is 49. The molecule has 0 aromatic rings. The summed E-state index contributed by atoms with van der Waals surface area (Å²) in [6.07, 6.45) is 0. The lowest BCUT2D eigenvalue weighted by molar-refractivity contribution is -0.0220. The van der Waals surface area contributed by atoms with Gasteiger partial charge in [-0.3, -0.25) is 0 Å². The molecule has 0 atom stereocenters. The predicted octanol–water partition coefficient (Wildman–Crippen LogP) is 0.448. The van der Waals surface area contributed by atoms with Crippen molar-refractivity contribution in [2.75, 3.05) is 211 Å². The topological polar surface area (TPSA) is 188 Å². The van der Waals surface area contributed by atoms with Gasteiger partial charge in [-0.15, -0.1) is 0 Å². The average molecular weight is 803 g/mol. The number of aliphatic hydroxyl groups is 2. The van der Waals surface area contributed by atoms with Crippen molar-refractivity contribution in [2.24, 2.45) is 0 Å². The van der Waals surface area contributed by atoms with Crippen LogP contribution in [0.1, 0.15) is 0 Å². The Morgan fingerprint density at radius 2 is 0.327 bits per heavy atom. The molecule has 20 heteroatoms. The lowest BCUT2D eigenvalue weighted by atomic mass is 10.6. The van der Waals surface area contributed by atoms with E-state index in [0.717, 1.165) is 22.1 Å². The van der Waals surface area contributed by atoms with Gasteiger partial charge in [-0.05, 0) is 0 Å². The van der Waals surface area contributed by atoms with E-state index in [0.29, 0.717) is 198 Å². The summed E-state index contributed by atoms with van der Waals surface area (Å²) in [5.74, 6) is 0. The molecule has 52 heavy (non-hydrogen) atoms. The maximum Gasteiger partial charge on any atom is 0.0926 e. The summed E-state index contributed by atoms with van der Waals surface area (Å²) in [7, 11) is 0. The molecule has 0 unspecified atom stereocenters. The van der Waals surface area contributed by atoms with Crippen LogP contribution in [0.3, 0.4) is 0 Å². The van der Waals surface area contributed by atoms with Gasteiger partial charge in [0.2, 0.25) is 0 Å². The monoisotopic (exact) mass is 802 g/mol. The zero-order valence-electron chi connectivity index (χ0n) is 30.9. The molecule has 0 bridgehead atoms. The summed E-state index contributed by atoms with van der Waals surface area (Å²) < 4.78 is 86.0. The molecule has 0 aliphatic carbocycles. The first kappa shape index (κ1) is 52.0. The molecule has 0 spiro atoms. The molecule has 0 rings (SSSR count). The molecule has 0 aliphatic rings. The molecule has 2 N–H and O–H groups in total. The fourth-order valence-electron chi connectivity index (χ4n) is 3.27. The zero-order valence-corrected chi connectivity index (χ0v) is 32.5. The average Bonchev–Trinajstić information content (AvgIpc) is 3.16. The Balaban J connectivity index is 3.04. The van der Waals surface area contributed by atoms with Crippen LogP contribution in [-0.4, -0.2) is 222 Å². The maximum absolute atomic E-state index is 8.58. The van der Waals surface area contributed by atoms with E-state index in [4.69, 9.17) is 84.9 Å². The summed E-state index contributed by atoms with van der Waals surface area (Å²) in [4.78, 5) is 0. The minimum Gasteiger partial charge on any atom is -0.394 e. The first-order valence-electron chi connectivity index (χ1n) is 17.8. The Morgan fingerprint density at radius 3 is 0.481 bits per heavy atom. The van der Waals surface area contributed by atoms with Crippen LogP contribution in [0, 0.1) is 0 Å².